The average molecular weight is 410 g/mol. The number of hydrogen-bond donors (Lipinski definition) is 1. The topological polar surface area (TPSA) is 60.4 Å². The lowest BCUT2D eigenvalue weighted by Crippen LogP contribution is -2.50. The summed E-state index contributed by atoms with van der Waals surface area (Å²) in [4.78, 5) is 24.2. The predicted octanol–water partition coefficient (Wildman–Crippen LogP) is 2.74. The molecular weight excluding hydrogens is 378 g/mol. The van der Waals surface area contributed by atoms with E-state index in [-0.39, 0.29) is 11.9 Å². The lowest BCUT2D eigenvalue weighted by atomic mass is 9.96. The first-order chi connectivity index (χ1) is 14.6. The maximum absolute atomic E-state index is 12.8. The lowest BCUT2D eigenvalue weighted by molar-refractivity contribution is 0.0459. The number of aryl methyl sites for hydroxylation is 1. The van der Waals surface area contributed by atoms with Crippen molar-refractivity contribution < 1.29 is 9.53 Å². The second-order valence-electron chi connectivity index (χ2n) is 9.11. The van der Waals surface area contributed by atoms with E-state index >= 15 is 0 Å². The van der Waals surface area contributed by atoms with Crippen LogP contribution in [0.2, 0.25) is 0 Å². The number of ether oxygens (including phenoxy) is 1. The maximum Gasteiger partial charge on any atom is 0.329 e. The van der Waals surface area contributed by atoms with Crippen molar-refractivity contribution in [3.05, 3.63) is 47.4 Å². The largest absolute Gasteiger partial charge is 0.381 e. The van der Waals surface area contributed by atoms with Crippen molar-refractivity contribution >= 4 is 11.9 Å². The number of fused-ring (bicyclic) bond motifs is 1. The SMILES string of the molecule is Cc1ccc(CN2CC(C)C(C3=NC4=CN(C5CCOCC5)CN4C(=O)N3)C2)cc1. The molecule has 2 fully saturated rings. The third-order valence-electron chi connectivity index (χ3n) is 6.80. The van der Waals surface area contributed by atoms with Gasteiger partial charge in [0.1, 0.15) is 12.5 Å². The minimum atomic E-state index is -0.0509. The minimum Gasteiger partial charge on any atom is -0.381 e. The number of rotatable bonds is 4. The summed E-state index contributed by atoms with van der Waals surface area (Å²) < 4.78 is 5.48. The van der Waals surface area contributed by atoms with Crippen molar-refractivity contribution in [1.29, 1.82) is 0 Å². The second-order valence-corrected chi connectivity index (χ2v) is 9.11. The number of nitrogens with zero attached hydrogens (tertiary/aromatic N) is 4. The van der Waals surface area contributed by atoms with E-state index in [1.807, 2.05) is 0 Å². The van der Waals surface area contributed by atoms with E-state index < -0.39 is 0 Å². The van der Waals surface area contributed by atoms with Gasteiger partial charge in [-0.1, -0.05) is 36.8 Å². The number of nitrogens with one attached hydrogen (secondary N) is 1. The molecule has 0 aromatic heterocycles. The summed E-state index contributed by atoms with van der Waals surface area (Å²) >= 11 is 0. The monoisotopic (exact) mass is 409 g/mol. The van der Waals surface area contributed by atoms with E-state index in [9.17, 15) is 4.79 Å². The molecule has 160 valence electrons. The molecule has 4 aliphatic heterocycles. The first kappa shape index (κ1) is 19.6. The van der Waals surface area contributed by atoms with Crippen LogP contribution >= 0.6 is 0 Å². The molecule has 0 aliphatic carbocycles. The van der Waals surface area contributed by atoms with Gasteiger partial charge in [-0.2, -0.15) is 0 Å². The quantitative estimate of drug-likeness (QED) is 0.831. The fraction of sp³-hybridized carbons (Fsp3) is 0.565. The Kier molecular flexibility index (Phi) is 5.25. The Bertz CT molecular complexity index is 859. The van der Waals surface area contributed by atoms with Crippen LogP contribution in [0.25, 0.3) is 0 Å². The van der Waals surface area contributed by atoms with Gasteiger partial charge in [0.15, 0.2) is 5.82 Å². The zero-order valence-corrected chi connectivity index (χ0v) is 17.9. The average Bonchev–Trinajstić information content (AvgIpc) is 3.34. The van der Waals surface area contributed by atoms with Gasteiger partial charge in [0, 0.05) is 51.0 Å². The van der Waals surface area contributed by atoms with Crippen molar-refractivity contribution in [2.75, 3.05) is 33.0 Å². The van der Waals surface area contributed by atoms with Gasteiger partial charge in [-0.3, -0.25) is 15.1 Å². The Balaban J connectivity index is 1.29. The van der Waals surface area contributed by atoms with E-state index in [1.165, 1.54) is 11.1 Å². The van der Waals surface area contributed by atoms with Gasteiger partial charge >= 0.3 is 6.03 Å². The Morgan fingerprint density at radius 1 is 1.17 bits per heavy atom. The first-order valence-electron chi connectivity index (χ1n) is 11.1. The molecule has 0 spiro atoms. The van der Waals surface area contributed by atoms with Crippen LogP contribution in [-0.2, 0) is 11.3 Å². The molecule has 7 heteroatoms. The van der Waals surface area contributed by atoms with Crippen molar-refractivity contribution in [3.8, 4) is 0 Å². The number of benzene rings is 1. The summed E-state index contributed by atoms with van der Waals surface area (Å²) in [7, 11) is 0. The molecule has 0 saturated carbocycles. The molecule has 30 heavy (non-hydrogen) atoms. The van der Waals surface area contributed by atoms with E-state index in [1.54, 1.807) is 4.90 Å². The minimum absolute atomic E-state index is 0.0509. The van der Waals surface area contributed by atoms with Crippen LogP contribution in [0.1, 0.15) is 30.9 Å². The van der Waals surface area contributed by atoms with Gasteiger partial charge in [-0.05, 0) is 31.2 Å². The smallest absolute Gasteiger partial charge is 0.329 e. The van der Waals surface area contributed by atoms with Crippen LogP contribution in [0.5, 0.6) is 0 Å². The van der Waals surface area contributed by atoms with Crippen molar-refractivity contribution in [1.82, 2.24) is 20.0 Å². The first-order valence-corrected chi connectivity index (χ1v) is 11.1. The summed E-state index contributed by atoms with van der Waals surface area (Å²) in [5.74, 6) is 2.31. The molecule has 2 saturated heterocycles. The zero-order valence-electron chi connectivity index (χ0n) is 17.9. The molecule has 1 N–H and O–H groups in total. The molecule has 1 aromatic rings. The molecule has 2 atom stereocenters. The van der Waals surface area contributed by atoms with Crippen molar-refractivity contribution in [3.63, 3.8) is 0 Å². The molecule has 7 nitrogen and oxygen atoms in total. The highest BCUT2D eigenvalue weighted by atomic mass is 16.5. The Morgan fingerprint density at radius 2 is 1.93 bits per heavy atom. The number of urea groups is 1. The van der Waals surface area contributed by atoms with Gasteiger partial charge in [0.2, 0.25) is 0 Å². The summed E-state index contributed by atoms with van der Waals surface area (Å²) in [5.41, 5.74) is 2.62. The molecule has 2 unspecified atom stereocenters. The molecule has 4 heterocycles. The molecule has 5 rings (SSSR count). The summed E-state index contributed by atoms with van der Waals surface area (Å²) in [6.45, 7) is 9.43. The number of carbonyl (C=O) groups is 1. The summed E-state index contributed by atoms with van der Waals surface area (Å²) in [6, 6.07) is 9.13. The molecular formula is C23H31N5O2. The summed E-state index contributed by atoms with van der Waals surface area (Å²) in [5, 5.41) is 3.09. The Morgan fingerprint density at radius 3 is 2.70 bits per heavy atom. The maximum atomic E-state index is 12.8. The van der Waals surface area contributed by atoms with Crippen LogP contribution in [0.3, 0.4) is 0 Å². The van der Waals surface area contributed by atoms with E-state index in [2.05, 4.69) is 59.4 Å². The highest BCUT2D eigenvalue weighted by Crippen LogP contribution is 2.30. The van der Waals surface area contributed by atoms with Gasteiger partial charge in [0.25, 0.3) is 0 Å². The van der Waals surface area contributed by atoms with Crippen LogP contribution < -0.4 is 5.32 Å². The van der Waals surface area contributed by atoms with Gasteiger partial charge < -0.3 is 9.64 Å². The molecule has 1 aromatic carbocycles. The molecule has 2 amide bonds. The predicted molar refractivity (Wildman–Crippen MR) is 116 cm³/mol. The third-order valence-corrected chi connectivity index (χ3v) is 6.80. The highest BCUT2D eigenvalue weighted by Gasteiger charge is 2.39. The number of likely N-dealkylation sites (tertiary alicyclic amines) is 1. The second kappa shape index (κ2) is 8.04. The lowest BCUT2D eigenvalue weighted by Gasteiger charge is -2.32. The van der Waals surface area contributed by atoms with Gasteiger partial charge in [-0.25, -0.2) is 9.79 Å². The Labute approximate surface area is 178 Å². The normalized spacial score (nSPS) is 27.7. The molecule has 0 radical (unpaired) electrons. The van der Waals surface area contributed by atoms with E-state index in [0.717, 1.165) is 57.3 Å². The van der Waals surface area contributed by atoms with E-state index in [0.29, 0.717) is 18.6 Å². The Hall–Kier alpha value is -2.38. The van der Waals surface area contributed by atoms with Crippen LogP contribution in [0.4, 0.5) is 4.79 Å². The number of amides is 2. The zero-order chi connectivity index (χ0) is 20.7. The van der Waals surface area contributed by atoms with Crippen LogP contribution in [0.15, 0.2) is 41.3 Å². The van der Waals surface area contributed by atoms with Crippen LogP contribution in [-0.4, -0.2) is 65.6 Å². The summed E-state index contributed by atoms with van der Waals surface area (Å²) in [6.07, 6.45) is 4.07. The highest BCUT2D eigenvalue weighted by molar-refractivity contribution is 6.02. The fourth-order valence-corrected chi connectivity index (χ4v) is 5.00. The van der Waals surface area contributed by atoms with Gasteiger partial charge in [-0.15, -0.1) is 0 Å². The fourth-order valence-electron chi connectivity index (χ4n) is 5.00. The number of carbonyl (C=O) groups excluding carboxylic acids is 1. The standard InChI is InChI=1S/C23H31N5O2/c1-16-3-5-18(6-4-16)12-26-11-17(2)20(13-26)22-24-21-14-27(15-28(21)23(29)25-22)19-7-9-30-10-8-19/h3-6,14,17,19-20H,7-13,15H2,1-2H3,(H,24,25,29). The van der Waals surface area contributed by atoms with Gasteiger partial charge in [0.05, 0.1) is 0 Å². The van der Waals surface area contributed by atoms with Crippen LogP contribution in [0, 0.1) is 18.8 Å². The third kappa shape index (κ3) is 3.84. The van der Waals surface area contributed by atoms with Crippen molar-refractivity contribution in [2.24, 2.45) is 16.8 Å². The number of hydrogen-bond acceptors (Lipinski definition) is 5. The number of aliphatic imine (C=N–C) groups is 1. The number of amidine groups is 1. The van der Waals surface area contributed by atoms with Crippen molar-refractivity contribution in [2.45, 2.75) is 39.3 Å². The van der Waals surface area contributed by atoms with E-state index in [4.69, 9.17) is 9.73 Å². The molecule has 0 bridgehead atoms. The molecule has 4 aliphatic rings.